The molecule has 1 heterocycles. The Bertz CT molecular complexity index is 1350. The van der Waals surface area contributed by atoms with Gasteiger partial charge in [-0.3, -0.25) is 4.79 Å². The van der Waals surface area contributed by atoms with Crippen molar-refractivity contribution < 1.29 is 19.0 Å². The SMILES string of the molecule is CCOc1cc(/C=C2/SC(=Nc3ccc(OC)cc3)NC2=O)cc(I)c1OCc1ccc(Cl)c(Cl)c1. The van der Waals surface area contributed by atoms with Crippen molar-refractivity contribution >= 4 is 80.4 Å². The van der Waals surface area contributed by atoms with Gasteiger partial charge in [-0.15, -0.1) is 0 Å². The number of hydrogen-bond donors (Lipinski definition) is 1. The molecular weight excluding hydrogens is 634 g/mol. The van der Waals surface area contributed by atoms with Crippen molar-refractivity contribution in [1.29, 1.82) is 0 Å². The summed E-state index contributed by atoms with van der Waals surface area (Å²) in [6, 6.07) is 16.5. The highest BCUT2D eigenvalue weighted by atomic mass is 127. The molecule has 0 unspecified atom stereocenters. The molecule has 0 bridgehead atoms. The molecule has 0 aliphatic carbocycles. The standard InChI is InChI=1S/C26H21Cl2IN2O4S/c1-3-34-22-12-16(11-21(29)24(22)35-14-15-4-9-19(27)20(28)10-15)13-23-25(32)31-26(36-23)30-17-5-7-18(33-2)8-6-17/h4-13H,3,14H2,1-2H3,(H,30,31,32)/b23-13+. The number of aliphatic imine (C=N–C) groups is 1. The molecule has 1 aliphatic heterocycles. The molecule has 0 radical (unpaired) electrons. The number of carbonyl (C=O) groups excluding carboxylic acids is 1. The van der Waals surface area contributed by atoms with Crippen LogP contribution in [-0.2, 0) is 11.4 Å². The molecule has 186 valence electrons. The predicted molar refractivity (Wildman–Crippen MR) is 155 cm³/mol. The van der Waals surface area contributed by atoms with Crippen LogP contribution in [0.15, 0.2) is 64.5 Å². The van der Waals surface area contributed by atoms with Crippen molar-refractivity contribution in [2.75, 3.05) is 13.7 Å². The Hall–Kier alpha value is -2.40. The van der Waals surface area contributed by atoms with E-state index in [0.29, 0.717) is 44.8 Å². The number of amidine groups is 1. The monoisotopic (exact) mass is 654 g/mol. The third kappa shape index (κ3) is 6.67. The quantitative estimate of drug-likeness (QED) is 0.202. The Morgan fingerprint density at radius 1 is 1.06 bits per heavy atom. The van der Waals surface area contributed by atoms with E-state index >= 15 is 0 Å². The van der Waals surface area contributed by atoms with Crippen LogP contribution in [0.5, 0.6) is 17.2 Å². The van der Waals surface area contributed by atoms with Gasteiger partial charge < -0.3 is 19.5 Å². The highest BCUT2D eigenvalue weighted by Crippen LogP contribution is 2.37. The van der Waals surface area contributed by atoms with Gasteiger partial charge in [0.2, 0.25) is 0 Å². The second-order valence-electron chi connectivity index (χ2n) is 7.48. The van der Waals surface area contributed by atoms with Crippen molar-refractivity contribution in [3.05, 3.63) is 84.2 Å². The molecular formula is C26H21Cl2IN2O4S. The zero-order valence-corrected chi connectivity index (χ0v) is 23.8. The summed E-state index contributed by atoms with van der Waals surface area (Å²) in [5, 5.41) is 4.29. The molecule has 0 spiro atoms. The number of ether oxygens (including phenoxy) is 3. The Morgan fingerprint density at radius 3 is 2.53 bits per heavy atom. The van der Waals surface area contributed by atoms with Crippen molar-refractivity contribution in [2.24, 2.45) is 4.99 Å². The fraction of sp³-hybridized carbons (Fsp3) is 0.154. The van der Waals surface area contributed by atoms with Crippen LogP contribution in [0.2, 0.25) is 10.0 Å². The Morgan fingerprint density at radius 2 is 1.83 bits per heavy atom. The number of carbonyl (C=O) groups is 1. The normalized spacial score (nSPS) is 15.3. The number of hydrogen-bond acceptors (Lipinski definition) is 6. The molecule has 0 atom stereocenters. The maximum absolute atomic E-state index is 12.6. The molecule has 36 heavy (non-hydrogen) atoms. The average molecular weight is 655 g/mol. The van der Waals surface area contributed by atoms with Gasteiger partial charge in [0, 0.05) is 0 Å². The summed E-state index contributed by atoms with van der Waals surface area (Å²) >= 11 is 15.6. The molecule has 3 aromatic rings. The number of halogens is 3. The first kappa shape index (κ1) is 26.7. The highest BCUT2D eigenvalue weighted by Gasteiger charge is 2.24. The van der Waals surface area contributed by atoms with E-state index in [-0.39, 0.29) is 5.91 Å². The minimum Gasteiger partial charge on any atom is -0.497 e. The van der Waals surface area contributed by atoms with Gasteiger partial charge in [0.1, 0.15) is 12.4 Å². The van der Waals surface area contributed by atoms with Gasteiger partial charge in [-0.05, 0) is 107 Å². The minimum atomic E-state index is -0.208. The second kappa shape index (κ2) is 12.2. The number of thioether (sulfide) groups is 1. The van der Waals surface area contributed by atoms with Crippen LogP contribution in [0.25, 0.3) is 6.08 Å². The predicted octanol–water partition coefficient (Wildman–Crippen LogP) is 7.48. The second-order valence-corrected chi connectivity index (χ2v) is 10.5. The van der Waals surface area contributed by atoms with E-state index in [9.17, 15) is 4.79 Å². The summed E-state index contributed by atoms with van der Waals surface area (Å²) in [6.07, 6.45) is 1.81. The molecule has 1 amide bonds. The molecule has 10 heteroatoms. The molecule has 1 aliphatic rings. The lowest BCUT2D eigenvalue weighted by Gasteiger charge is -2.15. The Labute approximate surface area is 237 Å². The largest absolute Gasteiger partial charge is 0.497 e. The van der Waals surface area contributed by atoms with E-state index in [1.807, 2.05) is 55.5 Å². The molecule has 0 saturated carbocycles. The number of amides is 1. The van der Waals surface area contributed by atoms with Gasteiger partial charge in [-0.2, -0.15) is 0 Å². The summed E-state index contributed by atoms with van der Waals surface area (Å²) in [5.74, 6) is 1.75. The van der Waals surface area contributed by atoms with E-state index in [0.717, 1.165) is 26.1 Å². The molecule has 0 aromatic heterocycles. The van der Waals surface area contributed by atoms with Gasteiger partial charge in [-0.1, -0.05) is 29.3 Å². The first-order valence-corrected chi connectivity index (χ1v) is 13.5. The van der Waals surface area contributed by atoms with Gasteiger partial charge in [-0.25, -0.2) is 4.99 Å². The lowest BCUT2D eigenvalue weighted by molar-refractivity contribution is -0.115. The van der Waals surface area contributed by atoms with E-state index in [4.69, 9.17) is 37.4 Å². The molecule has 6 nitrogen and oxygen atoms in total. The fourth-order valence-electron chi connectivity index (χ4n) is 3.27. The Kier molecular flexibility index (Phi) is 9.05. The topological polar surface area (TPSA) is 69.2 Å². The van der Waals surface area contributed by atoms with Crippen LogP contribution in [-0.4, -0.2) is 24.8 Å². The van der Waals surface area contributed by atoms with Crippen LogP contribution in [0.4, 0.5) is 5.69 Å². The summed E-state index contributed by atoms with van der Waals surface area (Å²) < 4.78 is 17.9. The van der Waals surface area contributed by atoms with Crippen molar-refractivity contribution in [1.82, 2.24) is 5.32 Å². The maximum atomic E-state index is 12.6. The zero-order chi connectivity index (χ0) is 25.7. The average Bonchev–Trinajstić information content (AvgIpc) is 3.19. The number of methoxy groups -OCH3 is 1. The third-order valence-corrected chi connectivity index (χ3v) is 7.40. The van der Waals surface area contributed by atoms with Gasteiger partial charge in [0.05, 0.1) is 37.9 Å². The van der Waals surface area contributed by atoms with Crippen LogP contribution in [0, 0.1) is 3.57 Å². The van der Waals surface area contributed by atoms with Crippen LogP contribution < -0.4 is 19.5 Å². The van der Waals surface area contributed by atoms with Crippen molar-refractivity contribution in [3.8, 4) is 17.2 Å². The van der Waals surface area contributed by atoms with E-state index in [1.54, 1.807) is 19.2 Å². The molecule has 1 fully saturated rings. The molecule has 1 saturated heterocycles. The highest BCUT2D eigenvalue weighted by molar-refractivity contribution is 14.1. The number of nitrogens with one attached hydrogen (secondary N) is 1. The smallest absolute Gasteiger partial charge is 0.264 e. The number of benzene rings is 3. The van der Waals surface area contributed by atoms with Gasteiger partial charge in [0.15, 0.2) is 16.7 Å². The van der Waals surface area contributed by atoms with Gasteiger partial charge in [0.25, 0.3) is 5.91 Å². The first-order valence-electron chi connectivity index (χ1n) is 10.8. The first-order chi connectivity index (χ1) is 17.4. The summed E-state index contributed by atoms with van der Waals surface area (Å²) in [6.45, 7) is 2.67. The lowest BCUT2D eigenvalue weighted by atomic mass is 10.1. The van der Waals surface area contributed by atoms with Crippen molar-refractivity contribution in [3.63, 3.8) is 0 Å². The van der Waals surface area contributed by atoms with Crippen LogP contribution >= 0.6 is 57.6 Å². The van der Waals surface area contributed by atoms with Gasteiger partial charge >= 0.3 is 0 Å². The van der Waals surface area contributed by atoms with E-state index < -0.39 is 0 Å². The molecule has 4 rings (SSSR count). The van der Waals surface area contributed by atoms with Crippen molar-refractivity contribution in [2.45, 2.75) is 13.5 Å². The molecule has 1 N–H and O–H groups in total. The molecule has 3 aromatic carbocycles. The zero-order valence-electron chi connectivity index (χ0n) is 19.3. The van der Waals surface area contributed by atoms with E-state index in [1.165, 1.54) is 11.8 Å². The Balaban J connectivity index is 1.54. The van der Waals surface area contributed by atoms with Crippen LogP contribution in [0.3, 0.4) is 0 Å². The summed E-state index contributed by atoms with van der Waals surface area (Å²) in [4.78, 5) is 17.6. The number of nitrogens with zero attached hydrogens (tertiary/aromatic N) is 1. The van der Waals surface area contributed by atoms with E-state index in [2.05, 4.69) is 32.9 Å². The lowest BCUT2D eigenvalue weighted by Crippen LogP contribution is -2.19. The van der Waals surface area contributed by atoms with Crippen LogP contribution in [0.1, 0.15) is 18.1 Å². The minimum absolute atomic E-state index is 0.208. The number of rotatable bonds is 8. The summed E-state index contributed by atoms with van der Waals surface area (Å²) in [7, 11) is 1.61. The maximum Gasteiger partial charge on any atom is 0.264 e. The third-order valence-electron chi connectivity index (χ3n) is 4.95. The summed E-state index contributed by atoms with van der Waals surface area (Å²) in [5.41, 5.74) is 2.42. The fourth-order valence-corrected chi connectivity index (χ4v) is 5.21.